The van der Waals surface area contributed by atoms with Crippen LogP contribution in [0.3, 0.4) is 0 Å². The lowest BCUT2D eigenvalue weighted by molar-refractivity contribution is 0.445. The van der Waals surface area contributed by atoms with Crippen molar-refractivity contribution in [2.75, 3.05) is 31.2 Å². The largest absolute Gasteiger partial charge is 0.318 e. The minimum Gasteiger partial charge on any atom is -0.318 e. The Kier molecular flexibility index (Phi) is 3.79. The van der Waals surface area contributed by atoms with E-state index < -0.39 is 0 Å². The normalized spacial score (nSPS) is 19.7. The smallest absolute Gasteiger partial charge is 0.163 e. The first-order valence-electron chi connectivity index (χ1n) is 8.25. The second-order valence-corrected chi connectivity index (χ2v) is 6.33. The molecule has 1 saturated heterocycles. The van der Waals surface area contributed by atoms with Gasteiger partial charge in [0.2, 0.25) is 0 Å². The first-order chi connectivity index (χ1) is 11.2. The summed E-state index contributed by atoms with van der Waals surface area (Å²) in [6.45, 7) is 3.47. The summed E-state index contributed by atoms with van der Waals surface area (Å²) in [6, 6.07) is 3.66. The number of hydrogen-bond acceptors (Lipinski definition) is 4. The van der Waals surface area contributed by atoms with E-state index in [0.29, 0.717) is 12.6 Å². The third-order valence-corrected chi connectivity index (χ3v) is 4.83. The molecule has 0 atom stereocenters. The number of aromatic nitrogens is 2. The predicted molar refractivity (Wildman–Crippen MR) is 90.0 cm³/mol. The molecule has 0 amide bonds. The second-order valence-electron chi connectivity index (χ2n) is 6.33. The monoisotopic (exact) mass is 315 g/mol. The van der Waals surface area contributed by atoms with Gasteiger partial charge in [-0.05, 0) is 49.5 Å². The van der Waals surface area contributed by atoms with Crippen molar-refractivity contribution in [2.45, 2.75) is 18.8 Å². The van der Waals surface area contributed by atoms with Gasteiger partial charge in [-0.3, -0.25) is 10.00 Å². The lowest BCUT2D eigenvalue weighted by Gasteiger charge is -2.24. The standard InChI is InChI=1S/C17H22FN5/c1-22-16-10-13(12-3-6-19-7-4-12)15(18)9-14(16)17(21-22)23-8-2-5-20-11-23/h2,8-10,12,19-20H,3-7,11H2,1H3. The number of rotatable bonds is 2. The van der Waals surface area contributed by atoms with Gasteiger partial charge in [0.05, 0.1) is 12.2 Å². The van der Waals surface area contributed by atoms with Gasteiger partial charge in [-0.15, -0.1) is 0 Å². The summed E-state index contributed by atoms with van der Waals surface area (Å²) >= 11 is 0. The van der Waals surface area contributed by atoms with Crippen molar-refractivity contribution in [3.05, 3.63) is 35.8 Å². The number of nitrogens with one attached hydrogen (secondary N) is 2. The number of hydrogen-bond donors (Lipinski definition) is 2. The van der Waals surface area contributed by atoms with Gasteiger partial charge >= 0.3 is 0 Å². The van der Waals surface area contributed by atoms with E-state index >= 15 is 0 Å². The van der Waals surface area contributed by atoms with Gasteiger partial charge < -0.3 is 10.2 Å². The lowest BCUT2D eigenvalue weighted by atomic mass is 9.89. The fourth-order valence-electron chi connectivity index (χ4n) is 3.58. The molecule has 23 heavy (non-hydrogen) atoms. The van der Waals surface area contributed by atoms with Crippen molar-refractivity contribution < 1.29 is 4.39 Å². The van der Waals surface area contributed by atoms with Crippen LogP contribution in [0.2, 0.25) is 0 Å². The number of nitrogens with zero attached hydrogens (tertiary/aromatic N) is 3. The number of piperidine rings is 1. The number of anilines is 1. The van der Waals surface area contributed by atoms with Gasteiger partial charge in [-0.2, -0.15) is 5.10 Å². The molecule has 0 saturated carbocycles. The third kappa shape index (κ3) is 2.62. The highest BCUT2D eigenvalue weighted by molar-refractivity contribution is 5.91. The zero-order chi connectivity index (χ0) is 15.8. The lowest BCUT2D eigenvalue weighted by Crippen LogP contribution is -2.34. The Morgan fingerprint density at radius 3 is 2.78 bits per heavy atom. The molecule has 4 rings (SSSR count). The van der Waals surface area contributed by atoms with Gasteiger partial charge in [0, 0.05) is 25.2 Å². The van der Waals surface area contributed by atoms with Gasteiger partial charge in [0.15, 0.2) is 5.82 Å². The van der Waals surface area contributed by atoms with Crippen molar-refractivity contribution >= 4 is 16.7 Å². The molecule has 0 spiro atoms. The molecule has 122 valence electrons. The molecule has 1 aromatic carbocycles. The maximum absolute atomic E-state index is 14.8. The van der Waals surface area contributed by atoms with Crippen LogP contribution >= 0.6 is 0 Å². The van der Waals surface area contributed by atoms with E-state index in [0.717, 1.165) is 54.8 Å². The van der Waals surface area contributed by atoms with Crippen molar-refractivity contribution in [3.8, 4) is 0 Å². The maximum atomic E-state index is 14.8. The maximum Gasteiger partial charge on any atom is 0.163 e. The van der Waals surface area contributed by atoms with Crippen LogP contribution in [0.5, 0.6) is 0 Å². The van der Waals surface area contributed by atoms with E-state index in [-0.39, 0.29) is 5.82 Å². The summed E-state index contributed by atoms with van der Waals surface area (Å²) in [6.07, 6.45) is 6.04. The fourth-order valence-corrected chi connectivity index (χ4v) is 3.58. The number of halogens is 1. The van der Waals surface area contributed by atoms with Crippen LogP contribution in [0.1, 0.15) is 24.3 Å². The summed E-state index contributed by atoms with van der Waals surface area (Å²) in [5, 5.41) is 12.1. The number of benzene rings is 1. The summed E-state index contributed by atoms with van der Waals surface area (Å²) in [7, 11) is 1.93. The Balaban J connectivity index is 1.78. The van der Waals surface area contributed by atoms with Crippen LogP contribution in [0.25, 0.3) is 10.9 Å². The molecule has 6 heteroatoms. The van der Waals surface area contributed by atoms with E-state index in [2.05, 4.69) is 15.7 Å². The average Bonchev–Trinajstić information content (AvgIpc) is 2.92. The molecule has 0 unspecified atom stereocenters. The highest BCUT2D eigenvalue weighted by atomic mass is 19.1. The van der Waals surface area contributed by atoms with Crippen LogP contribution in [0.4, 0.5) is 10.2 Å². The molecular formula is C17H22FN5. The first kappa shape index (κ1) is 14.7. The molecule has 1 aromatic heterocycles. The SMILES string of the molecule is Cn1nc(N2C=CCNC2)c2cc(F)c(C3CCNCC3)cc21. The van der Waals surface area contributed by atoms with Crippen molar-refractivity contribution in [1.29, 1.82) is 0 Å². The molecule has 3 heterocycles. The van der Waals surface area contributed by atoms with Gasteiger partial charge in [0.1, 0.15) is 5.82 Å². The molecule has 2 aliphatic heterocycles. The fraction of sp³-hybridized carbons (Fsp3) is 0.471. The molecule has 0 radical (unpaired) electrons. The zero-order valence-corrected chi connectivity index (χ0v) is 13.3. The van der Waals surface area contributed by atoms with E-state index in [9.17, 15) is 4.39 Å². The van der Waals surface area contributed by atoms with E-state index in [1.807, 2.05) is 35.0 Å². The van der Waals surface area contributed by atoms with Gasteiger partial charge in [0.25, 0.3) is 0 Å². The first-order valence-corrected chi connectivity index (χ1v) is 8.25. The van der Waals surface area contributed by atoms with Crippen molar-refractivity contribution in [2.24, 2.45) is 7.05 Å². The summed E-state index contributed by atoms with van der Waals surface area (Å²) in [5.41, 5.74) is 1.83. The molecular weight excluding hydrogens is 293 g/mol. The van der Waals surface area contributed by atoms with E-state index in [1.165, 1.54) is 0 Å². The summed E-state index contributed by atoms with van der Waals surface area (Å²) in [4.78, 5) is 2.02. The molecule has 2 aromatic rings. The van der Waals surface area contributed by atoms with Gasteiger partial charge in [-0.25, -0.2) is 4.39 Å². The van der Waals surface area contributed by atoms with Crippen molar-refractivity contribution in [1.82, 2.24) is 20.4 Å². The Morgan fingerprint density at radius 1 is 1.22 bits per heavy atom. The highest BCUT2D eigenvalue weighted by Crippen LogP contribution is 2.34. The minimum absolute atomic E-state index is 0.104. The Hall–Kier alpha value is -1.92. The van der Waals surface area contributed by atoms with Crippen LogP contribution in [0.15, 0.2) is 24.4 Å². The summed E-state index contributed by atoms with van der Waals surface area (Å²) < 4.78 is 16.6. The molecule has 0 aliphatic carbocycles. The van der Waals surface area contributed by atoms with Gasteiger partial charge in [-0.1, -0.05) is 6.08 Å². The van der Waals surface area contributed by atoms with Crippen LogP contribution in [0, 0.1) is 5.82 Å². The molecule has 1 fully saturated rings. The molecule has 5 nitrogen and oxygen atoms in total. The van der Waals surface area contributed by atoms with E-state index in [1.54, 1.807) is 6.07 Å². The Morgan fingerprint density at radius 2 is 2.04 bits per heavy atom. The van der Waals surface area contributed by atoms with Crippen LogP contribution in [-0.4, -0.2) is 36.1 Å². The van der Waals surface area contributed by atoms with Crippen LogP contribution < -0.4 is 15.5 Å². The van der Waals surface area contributed by atoms with Crippen molar-refractivity contribution in [3.63, 3.8) is 0 Å². The number of fused-ring (bicyclic) bond motifs is 1. The van der Waals surface area contributed by atoms with Crippen LogP contribution in [-0.2, 0) is 7.05 Å². The topological polar surface area (TPSA) is 45.1 Å². The quantitative estimate of drug-likeness (QED) is 0.890. The summed E-state index contributed by atoms with van der Waals surface area (Å²) in [5.74, 6) is 1.00. The second kappa shape index (κ2) is 5.94. The molecule has 2 aliphatic rings. The highest BCUT2D eigenvalue weighted by Gasteiger charge is 2.22. The predicted octanol–water partition coefficient (Wildman–Crippen LogP) is 2.06. The Bertz CT molecular complexity index is 745. The third-order valence-electron chi connectivity index (χ3n) is 4.83. The Labute approximate surface area is 135 Å². The molecule has 0 bridgehead atoms. The number of aryl methyl sites for hydroxylation is 1. The molecule has 2 N–H and O–H groups in total. The van der Waals surface area contributed by atoms with E-state index in [4.69, 9.17) is 0 Å². The zero-order valence-electron chi connectivity index (χ0n) is 13.3. The minimum atomic E-state index is -0.104. The average molecular weight is 315 g/mol.